The lowest BCUT2D eigenvalue weighted by Gasteiger charge is -2.38. The molecule has 1 rings (SSSR count). The minimum absolute atomic E-state index is 0.642. The first-order valence-electron chi connectivity index (χ1n) is 6.07. The second kappa shape index (κ2) is 7.17. The van der Waals surface area contributed by atoms with Crippen molar-refractivity contribution in [3.05, 3.63) is 0 Å². The van der Waals surface area contributed by atoms with Crippen molar-refractivity contribution in [3.63, 3.8) is 0 Å². The molecule has 1 atom stereocenters. The zero-order chi connectivity index (χ0) is 11.1. The second-order valence-electron chi connectivity index (χ2n) is 4.48. The van der Waals surface area contributed by atoms with Gasteiger partial charge in [0.05, 0.1) is 0 Å². The van der Waals surface area contributed by atoms with Crippen LogP contribution in [0.25, 0.3) is 0 Å². The van der Waals surface area contributed by atoms with Crippen LogP contribution in [0.5, 0.6) is 0 Å². The number of nitrogens with zero attached hydrogens (tertiary/aromatic N) is 2. The van der Waals surface area contributed by atoms with Gasteiger partial charge in [0.1, 0.15) is 0 Å². The molecule has 4 heteroatoms. The summed E-state index contributed by atoms with van der Waals surface area (Å²) in [5, 5.41) is 8.65. The predicted molar refractivity (Wildman–Crippen MR) is 62.2 cm³/mol. The second-order valence-corrected chi connectivity index (χ2v) is 4.48. The van der Waals surface area contributed by atoms with Crippen LogP contribution in [0.4, 0.5) is 0 Å². The monoisotopic (exact) mass is 215 g/mol. The van der Waals surface area contributed by atoms with Gasteiger partial charge in [-0.2, -0.15) is 0 Å². The normalized spacial score (nSPS) is 21.8. The van der Waals surface area contributed by atoms with Gasteiger partial charge in [-0.1, -0.05) is 13.3 Å². The Bertz CT molecular complexity index is 158. The number of rotatable bonds is 6. The largest absolute Gasteiger partial charge is 0.317 e. The summed E-state index contributed by atoms with van der Waals surface area (Å²) in [5.74, 6) is 0. The van der Waals surface area contributed by atoms with Crippen LogP contribution in [0.1, 0.15) is 26.2 Å². The molecule has 0 aromatic carbocycles. The Kier molecular flexibility index (Phi) is 6.17. The Morgan fingerprint density at radius 1 is 1.20 bits per heavy atom. The van der Waals surface area contributed by atoms with Gasteiger partial charge in [0.2, 0.25) is 0 Å². The summed E-state index contributed by atoms with van der Waals surface area (Å²) in [6.07, 6.45) is 3.52. The Balaban J connectivity index is 2.33. The summed E-state index contributed by atoms with van der Waals surface area (Å²) in [5.41, 5.74) is 2.27. The molecule has 1 unspecified atom stereocenters. The first-order valence-corrected chi connectivity index (χ1v) is 6.07. The Hall–Kier alpha value is -0.160. The van der Waals surface area contributed by atoms with E-state index in [0.717, 1.165) is 6.42 Å². The van der Waals surface area contributed by atoms with E-state index < -0.39 is 0 Å². The molecule has 0 bridgehead atoms. The third-order valence-corrected chi connectivity index (χ3v) is 3.27. The fourth-order valence-corrected chi connectivity index (χ4v) is 2.26. The van der Waals surface area contributed by atoms with Crippen LogP contribution in [-0.4, -0.2) is 60.8 Å². The molecule has 15 heavy (non-hydrogen) atoms. The van der Waals surface area contributed by atoms with Crippen molar-refractivity contribution in [2.24, 2.45) is 0 Å². The maximum Gasteiger partial charge on any atom is 0.0222 e. The van der Waals surface area contributed by atoms with E-state index in [1.807, 2.05) is 0 Å². The van der Waals surface area contributed by atoms with Gasteiger partial charge in [-0.15, -0.1) is 0 Å². The number of hydrogen-bond donors (Lipinski definition) is 2. The topological polar surface area (TPSA) is 38.7 Å². The third kappa shape index (κ3) is 4.47. The summed E-state index contributed by atoms with van der Waals surface area (Å²) in [6, 6.07) is 0.642. The molecule has 90 valence electrons. The maximum absolute atomic E-state index is 8.65. The molecule has 2 N–H and O–H groups in total. The van der Waals surface area contributed by atoms with Gasteiger partial charge < -0.3 is 10.1 Å². The first-order chi connectivity index (χ1) is 7.27. The zero-order valence-electron chi connectivity index (χ0n) is 10.1. The molecule has 0 amide bonds. The highest BCUT2D eigenvalue weighted by Crippen LogP contribution is 2.13. The molecule has 1 aliphatic heterocycles. The van der Waals surface area contributed by atoms with E-state index in [0.29, 0.717) is 12.6 Å². The van der Waals surface area contributed by atoms with E-state index in [1.54, 1.807) is 0 Å². The smallest absolute Gasteiger partial charge is 0.0222 e. The van der Waals surface area contributed by atoms with E-state index >= 15 is 0 Å². The quantitative estimate of drug-likeness (QED) is 0.642. The van der Waals surface area contributed by atoms with E-state index in [2.05, 4.69) is 29.3 Å². The summed E-state index contributed by atoms with van der Waals surface area (Å²) in [6.45, 7) is 7.63. The molecular formula is C11H25N3O. The van der Waals surface area contributed by atoms with Gasteiger partial charge in [0, 0.05) is 38.8 Å². The van der Waals surface area contributed by atoms with Crippen molar-refractivity contribution < 1.29 is 5.21 Å². The average molecular weight is 215 g/mol. The molecule has 4 nitrogen and oxygen atoms in total. The third-order valence-electron chi connectivity index (χ3n) is 3.27. The fraction of sp³-hybridized carbons (Fsp3) is 1.00. The highest BCUT2D eigenvalue weighted by atomic mass is 16.5. The van der Waals surface area contributed by atoms with Gasteiger partial charge in [-0.3, -0.25) is 4.90 Å². The van der Waals surface area contributed by atoms with Gasteiger partial charge in [0.25, 0.3) is 0 Å². The summed E-state index contributed by atoms with van der Waals surface area (Å²) in [7, 11) is 2.18. The Morgan fingerprint density at radius 3 is 2.40 bits per heavy atom. The molecule has 1 saturated heterocycles. The van der Waals surface area contributed by atoms with Crippen molar-refractivity contribution in [3.8, 4) is 0 Å². The van der Waals surface area contributed by atoms with E-state index in [-0.39, 0.29) is 0 Å². The van der Waals surface area contributed by atoms with Gasteiger partial charge in [-0.25, -0.2) is 5.48 Å². The molecule has 0 aromatic heterocycles. The molecule has 0 saturated carbocycles. The van der Waals surface area contributed by atoms with Crippen LogP contribution >= 0.6 is 0 Å². The lowest BCUT2D eigenvalue weighted by Crippen LogP contribution is -2.49. The number of hydroxylamine groups is 1. The molecule has 0 aliphatic carbocycles. The highest BCUT2D eigenvalue weighted by molar-refractivity contribution is 4.77. The molecule has 0 spiro atoms. The van der Waals surface area contributed by atoms with Crippen molar-refractivity contribution >= 4 is 0 Å². The van der Waals surface area contributed by atoms with Gasteiger partial charge >= 0.3 is 0 Å². The lowest BCUT2D eigenvalue weighted by molar-refractivity contribution is 0.0895. The average Bonchev–Trinajstić information content (AvgIpc) is 2.25. The van der Waals surface area contributed by atoms with Crippen LogP contribution < -0.4 is 5.48 Å². The minimum Gasteiger partial charge on any atom is -0.317 e. The van der Waals surface area contributed by atoms with Crippen LogP contribution in [0.15, 0.2) is 0 Å². The van der Waals surface area contributed by atoms with Crippen molar-refractivity contribution in [1.82, 2.24) is 15.3 Å². The summed E-state index contributed by atoms with van der Waals surface area (Å²) >= 11 is 0. The first kappa shape index (κ1) is 12.9. The van der Waals surface area contributed by atoms with E-state index in [4.69, 9.17) is 5.21 Å². The fourth-order valence-electron chi connectivity index (χ4n) is 2.26. The molecule has 0 aromatic rings. The molecule has 1 fully saturated rings. The van der Waals surface area contributed by atoms with Crippen molar-refractivity contribution in [2.45, 2.75) is 32.2 Å². The SMILES string of the molecule is CCCC(CCNO)N1CCN(C)CC1. The van der Waals surface area contributed by atoms with E-state index in [1.165, 1.54) is 39.0 Å². The molecular weight excluding hydrogens is 190 g/mol. The molecule has 0 radical (unpaired) electrons. The molecule has 1 aliphatic rings. The summed E-state index contributed by atoms with van der Waals surface area (Å²) < 4.78 is 0. The number of likely N-dealkylation sites (N-methyl/N-ethyl adjacent to an activating group) is 1. The zero-order valence-corrected chi connectivity index (χ0v) is 10.1. The number of nitrogens with one attached hydrogen (secondary N) is 1. The Morgan fingerprint density at radius 2 is 1.87 bits per heavy atom. The predicted octanol–water partition coefficient (Wildman–Crippen LogP) is 0.771. The Labute approximate surface area is 93.2 Å². The van der Waals surface area contributed by atoms with Crippen molar-refractivity contribution in [2.75, 3.05) is 39.8 Å². The van der Waals surface area contributed by atoms with Crippen LogP contribution in [0.2, 0.25) is 0 Å². The minimum atomic E-state index is 0.642. The van der Waals surface area contributed by atoms with Gasteiger partial charge in [0.15, 0.2) is 0 Å². The van der Waals surface area contributed by atoms with Crippen LogP contribution in [-0.2, 0) is 0 Å². The molecule has 1 heterocycles. The lowest BCUT2D eigenvalue weighted by atomic mass is 10.1. The maximum atomic E-state index is 8.65. The van der Waals surface area contributed by atoms with Crippen molar-refractivity contribution in [1.29, 1.82) is 0 Å². The number of hydrogen-bond acceptors (Lipinski definition) is 4. The summed E-state index contributed by atoms with van der Waals surface area (Å²) in [4.78, 5) is 4.95. The van der Waals surface area contributed by atoms with Crippen LogP contribution in [0.3, 0.4) is 0 Å². The van der Waals surface area contributed by atoms with Gasteiger partial charge in [-0.05, 0) is 19.9 Å². The highest BCUT2D eigenvalue weighted by Gasteiger charge is 2.21. The number of piperazine rings is 1. The van der Waals surface area contributed by atoms with E-state index in [9.17, 15) is 0 Å². The van der Waals surface area contributed by atoms with Crippen LogP contribution in [0, 0.1) is 0 Å². The standard InChI is InChI=1S/C11H25N3O/c1-3-4-11(5-6-12-15)14-9-7-13(2)8-10-14/h11-12,15H,3-10H2,1-2H3.